The molecule has 1 aliphatic heterocycles. The van der Waals surface area contributed by atoms with E-state index in [9.17, 15) is 32.7 Å². The predicted molar refractivity (Wildman–Crippen MR) is 142 cm³/mol. The van der Waals surface area contributed by atoms with E-state index in [-0.39, 0.29) is 23.3 Å². The number of carbonyl (C=O) groups is 1. The number of amides is 1. The number of methoxy groups -OCH3 is 1. The Morgan fingerprint density at radius 1 is 1.20 bits per heavy atom. The summed E-state index contributed by atoms with van der Waals surface area (Å²) < 4.78 is 59.3. The number of halogens is 4. The summed E-state index contributed by atoms with van der Waals surface area (Å²) in [6.07, 6.45) is 1.51. The molecule has 0 bridgehead atoms. The molecule has 4 rings (SSSR count). The first-order chi connectivity index (χ1) is 19.2. The zero-order valence-corrected chi connectivity index (χ0v) is 22.7. The van der Waals surface area contributed by atoms with Crippen LogP contribution in [0.2, 0.25) is 0 Å². The van der Waals surface area contributed by atoms with Crippen molar-refractivity contribution >= 4 is 28.6 Å². The molecule has 1 aromatic heterocycles. The van der Waals surface area contributed by atoms with Crippen LogP contribution in [0, 0.1) is 22.9 Å². The first-order valence-corrected chi connectivity index (χ1v) is 13.8. The normalized spacial score (nSPS) is 16.2. The Kier molecular flexibility index (Phi) is 9.88. The van der Waals surface area contributed by atoms with Gasteiger partial charge in [0.05, 0.1) is 24.1 Å². The van der Waals surface area contributed by atoms with Gasteiger partial charge in [-0.3, -0.25) is 15.0 Å². The number of nitrogens with one attached hydrogen (secondary N) is 1. The van der Waals surface area contributed by atoms with Gasteiger partial charge in [0.2, 0.25) is 5.91 Å². The summed E-state index contributed by atoms with van der Waals surface area (Å²) in [6, 6.07) is 7.06. The molecule has 40 heavy (non-hydrogen) atoms. The van der Waals surface area contributed by atoms with Crippen LogP contribution in [0.15, 0.2) is 41.4 Å². The van der Waals surface area contributed by atoms with E-state index >= 15 is 0 Å². The predicted octanol–water partition coefficient (Wildman–Crippen LogP) is 5.32. The average Bonchev–Trinajstić information content (AvgIpc) is 2.97. The summed E-state index contributed by atoms with van der Waals surface area (Å²) in [5.41, 5.74) is 2.05. The number of ether oxygens (including phenoxy) is 1. The summed E-state index contributed by atoms with van der Waals surface area (Å²) >= 11 is 1.20. The molecule has 1 aliphatic rings. The molecule has 1 fully saturated rings. The van der Waals surface area contributed by atoms with Gasteiger partial charge in [-0.1, -0.05) is 0 Å². The number of piperidine rings is 1. The van der Waals surface area contributed by atoms with E-state index in [1.165, 1.54) is 25.1 Å². The first-order valence-electron chi connectivity index (χ1n) is 12.8. The SMILES string of the molecule is COc1ccc2ncc(CF)c(C(O)CCC3(C(=O)NO)CCN(CCSc4cc(F)c(F)c(F)c4)CC3)c2c1. The number of likely N-dealkylation sites (tertiary alicyclic amines) is 1. The number of aliphatic hydroxyl groups excluding tert-OH is 1. The quantitative estimate of drug-likeness (QED) is 0.0928. The summed E-state index contributed by atoms with van der Waals surface area (Å²) in [7, 11) is 1.51. The Bertz CT molecular complexity index is 1330. The number of hydrogen-bond acceptors (Lipinski definition) is 7. The van der Waals surface area contributed by atoms with Crippen LogP contribution < -0.4 is 10.2 Å². The van der Waals surface area contributed by atoms with Gasteiger partial charge in [-0.05, 0) is 74.7 Å². The number of rotatable bonds is 11. The summed E-state index contributed by atoms with van der Waals surface area (Å²) in [4.78, 5) is 19.4. The topological polar surface area (TPSA) is 94.9 Å². The number of nitrogens with zero attached hydrogens (tertiary/aromatic N) is 2. The van der Waals surface area contributed by atoms with Crippen LogP contribution in [0.4, 0.5) is 17.6 Å². The van der Waals surface area contributed by atoms with Gasteiger partial charge in [0.15, 0.2) is 17.5 Å². The van der Waals surface area contributed by atoms with Crippen LogP contribution >= 0.6 is 11.8 Å². The molecule has 12 heteroatoms. The number of carbonyl (C=O) groups excluding carboxylic acids is 1. The zero-order chi connectivity index (χ0) is 28.9. The van der Waals surface area contributed by atoms with Gasteiger partial charge in [0.25, 0.3) is 0 Å². The minimum absolute atomic E-state index is 0.147. The minimum Gasteiger partial charge on any atom is -0.497 e. The van der Waals surface area contributed by atoms with Gasteiger partial charge in [-0.15, -0.1) is 11.8 Å². The maximum atomic E-state index is 13.9. The van der Waals surface area contributed by atoms with Gasteiger partial charge >= 0.3 is 0 Å². The number of hydrogen-bond donors (Lipinski definition) is 3. The van der Waals surface area contributed by atoms with Gasteiger partial charge < -0.3 is 14.7 Å². The summed E-state index contributed by atoms with van der Waals surface area (Å²) in [5.74, 6) is -3.48. The summed E-state index contributed by atoms with van der Waals surface area (Å²) in [6.45, 7) is 0.775. The van der Waals surface area contributed by atoms with Crippen molar-refractivity contribution in [2.45, 2.75) is 43.4 Å². The first kappa shape index (κ1) is 30.0. The van der Waals surface area contributed by atoms with E-state index in [2.05, 4.69) is 9.88 Å². The van der Waals surface area contributed by atoms with E-state index in [1.54, 1.807) is 23.7 Å². The van der Waals surface area contributed by atoms with Crippen LogP contribution in [0.3, 0.4) is 0 Å². The van der Waals surface area contributed by atoms with Crippen LogP contribution in [0.5, 0.6) is 5.75 Å². The molecule has 1 saturated heterocycles. The van der Waals surface area contributed by atoms with E-state index < -0.39 is 41.6 Å². The molecule has 3 N–H and O–H groups in total. The molecule has 2 heterocycles. The van der Waals surface area contributed by atoms with E-state index in [0.29, 0.717) is 60.4 Å². The van der Waals surface area contributed by atoms with Crippen LogP contribution in [-0.2, 0) is 11.5 Å². The van der Waals surface area contributed by atoms with E-state index in [4.69, 9.17) is 4.74 Å². The fourth-order valence-electron chi connectivity index (χ4n) is 5.24. The van der Waals surface area contributed by atoms with E-state index in [0.717, 1.165) is 12.1 Å². The molecule has 7 nitrogen and oxygen atoms in total. The Balaban J connectivity index is 1.41. The molecule has 2 aromatic carbocycles. The Morgan fingerprint density at radius 2 is 1.90 bits per heavy atom. The lowest BCUT2D eigenvalue weighted by atomic mass is 9.73. The highest BCUT2D eigenvalue weighted by Crippen LogP contribution is 2.40. The number of aromatic nitrogens is 1. The highest BCUT2D eigenvalue weighted by Gasteiger charge is 2.41. The smallest absolute Gasteiger partial charge is 0.249 e. The van der Waals surface area contributed by atoms with Crippen LogP contribution in [0.1, 0.15) is 42.9 Å². The highest BCUT2D eigenvalue weighted by atomic mass is 32.2. The number of aliphatic hydroxyl groups is 1. The molecule has 3 aromatic rings. The molecule has 0 saturated carbocycles. The monoisotopic (exact) mass is 581 g/mol. The molecular formula is C28H31F4N3O4S. The zero-order valence-electron chi connectivity index (χ0n) is 21.9. The van der Waals surface area contributed by atoms with Crippen molar-refractivity contribution in [3.05, 3.63) is 65.1 Å². The molecule has 0 aliphatic carbocycles. The second-order valence-electron chi connectivity index (χ2n) is 9.88. The number of alkyl halides is 1. The average molecular weight is 582 g/mol. The standard InChI is InChI=1S/C28H31F4N3O4S/c1-39-18-2-3-23-20(12-18)25(17(15-29)16-33-23)24(36)4-5-28(27(37)34-38)6-8-35(9-7-28)10-11-40-19-13-21(30)26(32)22(31)14-19/h2-3,12-14,16,24,36,38H,4-11,15H2,1H3,(H,34,37). The third-order valence-corrected chi connectivity index (χ3v) is 8.56. The molecule has 216 valence electrons. The molecule has 1 amide bonds. The maximum Gasteiger partial charge on any atom is 0.249 e. The fourth-order valence-corrected chi connectivity index (χ4v) is 6.20. The lowest BCUT2D eigenvalue weighted by Gasteiger charge is -2.40. The minimum atomic E-state index is -1.50. The Labute approximate surface area is 233 Å². The fraction of sp³-hybridized carbons (Fsp3) is 0.429. The van der Waals surface area contributed by atoms with E-state index in [1.807, 2.05) is 0 Å². The van der Waals surface area contributed by atoms with Gasteiger partial charge in [-0.25, -0.2) is 23.0 Å². The maximum absolute atomic E-state index is 13.9. The van der Waals surface area contributed by atoms with Gasteiger partial charge in [0.1, 0.15) is 12.4 Å². The number of pyridine rings is 1. The second-order valence-corrected chi connectivity index (χ2v) is 11.0. The lowest BCUT2D eigenvalue weighted by molar-refractivity contribution is -0.143. The van der Waals surface area contributed by atoms with Crippen molar-refractivity contribution in [2.75, 3.05) is 32.5 Å². The number of fused-ring (bicyclic) bond motifs is 1. The van der Waals surface area contributed by atoms with Crippen molar-refractivity contribution in [3.8, 4) is 5.75 Å². The van der Waals surface area contributed by atoms with Crippen molar-refractivity contribution in [3.63, 3.8) is 0 Å². The van der Waals surface area contributed by atoms with Crippen LogP contribution in [-0.4, -0.2) is 58.6 Å². The van der Waals surface area contributed by atoms with Gasteiger partial charge in [0, 0.05) is 34.3 Å². The van der Waals surface area contributed by atoms with Gasteiger partial charge in [-0.2, -0.15) is 0 Å². The molecular weight excluding hydrogens is 550 g/mol. The largest absolute Gasteiger partial charge is 0.497 e. The van der Waals surface area contributed by atoms with Crippen molar-refractivity contribution < 1.29 is 37.4 Å². The Morgan fingerprint density at radius 3 is 2.52 bits per heavy atom. The molecule has 0 spiro atoms. The highest BCUT2D eigenvalue weighted by molar-refractivity contribution is 7.99. The molecule has 1 atom stereocenters. The summed E-state index contributed by atoms with van der Waals surface area (Å²) in [5, 5.41) is 21.2. The van der Waals surface area contributed by atoms with Crippen molar-refractivity contribution in [1.82, 2.24) is 15.4 Å². The van der Waals surface area contributed by atoms with Crippen LogP contribution in [0.25, 0.3) is 10.9 Å². The molecule has 1 unspecified atom stereocenters. The van der Waals surface area contributed by atoms with Crippen molar-refractivity contribution in [1.29, 1.82) is 0 Å². The molecule has 0 radical (unpaired) electrons. The number of hydroxylamine groups is 1. The number of benzene rings is 2. The lowest BCUT2D eigenvalue weighted by Crippen LogP contribution is -2.48. The van der Waals surface area contributed by atoms with Crippen molar-refractivity contribution in [2.24, 2.45) is 5.41 Å². The third kappa shape index (κ3) is 6.51. The second kappa shape index (κ2) is 13.2. The Hall–Kier alpha value is -2.93. The number of thioether (sulfide) groups is 1. The third-order valence-electron chi connectivity index (χ3n) is 7.60.